The number of oxazole rings is 1. The van der Waals surface area contributed by atoms with E-state index < -0.39 is 18.0 Å². The van der Waals surface area contributed by atoms with Gasteiger partial charge in [0, 0.05) is 6.20 Å². The van der Waals surface area contributed by atoms with Crippen LogP contribution in [0.5, 0.6) is 0 Å². The number of nitrogens with zero attached hydrogens (tertiary/aromatic N) is 2. The summed E-state index contributed by atoms with van der Waals surface area (Å²) in [7, 11) is 0. The first-order valence-electron chi connectivity index (χ1n) is 6.89. The minimum Gasteiger partial charge on any atom is -0.449 e. The van der Waals surface area contributed by atoms with Crippen LogP contribution < -0.4 is 5.32 Å². The van der Waals surface area contributed by atoms with Crippen molar-refractivity contribution in [1.29, 1.82) is 0 Å². The summed E-state index contributed by atoms with van der Waals surface area (Å²) in [6, 6.07) is 8.30. The monoisotopic (exact) mass is 311 g/mol. The van der Waals surface area contributed by atoms with E-state index in [4.69, 9.17) is 9.15 Å². The number of carbonyl (C=O) groups is 2. The molecule has 2 aromatic heterocycles. The smallest absolute Gasteiger partial charge is 0.341 e. The predicted octanol–water partition coefficient (Wildman–Crippen LogP) is 2.41. The summed E-state index contributed by atoms with van der Waals surface area (Å²) in [5.41, 5.74) is 1.65. The van der Waals surface area contributed by atoms with Gasteiger partial charge in [0.2, 0.25) is 0 Å². The molecule has 1 N–H and O–H groups in total. The number of carbonyl (C=O) groups excluding carboxylic acids is 2. The van der Waals surface area contributed by atoms with Crippen molar-refractivity contribution in [2.75, 3.05) is 5.32 Å². The van der Waals surface area contributed by atoms with Crippen molar-refractivity contribution < 1.29 is 18.7 Å². The molecule has 0 saturated carbocycles. The average Bonchev–Trinajstić information content (AvgIpc) is 3.04. The third-order valence-electron chi connectivity index (χ3n) is 3.16. The van der Waals surface area contributed by atoms with E-state index in [2.05, 4.69) is 15.3 Å². The lowest BCUT2D eigenvalue weighted by atomic mass is 10.2. The van der Waals surface area contributed by atoms with Gasteiger partial charge in [0.15, 0.2) is 18.1 Å². The van der Waals surface area contributed by atoms with Crippen LogP contribution >= 0.6 is 0 Å². The van der Waals surface area contributed by atoms with Crippen LogP contribution in [0.2, 0.25) is 0 Å². The summed E-state index contributed by atoms with van der Waals surface area (Å²) in [6.07, 6.45) is 3.38. The molecule has 7 heteroatoms. The van der Waals surface area contributed by atoms with Crippen molar-refractivity contribution in [2.24, 2.45) is 0 Å². The van der Waals surface area contributed by atoms with Crippen molar-refractivity contribution in [2.45, 2.75) is 13.0 Å². The number of nitrogens with one attached hydrogen (secondary N) is 1. The molecular weight excluding hydrogens is 298 g/mol. The molecule has 1 atom stereocenters. The Hall–Kier alpha value is -3.22. The topological polar surface area (TPSA) is 94.3 Å². The minimum atomic E-state index is -0.968. The number of aromatic nitrogens is 2. The Morgan fingerprint density at radius 2 is 2.13 bits per heavy atom. The van der Waals surface area contributed by atoms with E-state index in [9.17, 15) is 9.59 Å². The van der Waals surface area contributed by atoms with E-state index in [1.807, 2.05) is 0 Å². The van der Waals surface area contributed by atoms with Crippen molar-refractivity contribution in [3.8, 4) is 0 Å². The van der Waals surface area contributed by atoms with Gasteiger partial charge < -0.3 is 14.5 Å². The summed E-state index contributed by atoms with van der Waals surface area (Å²) in [6.45, 7) is 1.49. The average molecular weight is 311 g/mol. The van der Waals surface area contributed by atoms with Gasteiger partial charge in [-0.05, 0) is 31.2 Å². The van der Waals surface area contributed by atoms with E-state index in [0.29, 0.717) is 16.8 Å². The summed E-state index contributed by atoms with van der Waals surface area (Å²) in [5.74, 6) is -1.09. The zero-order valence-electron chi connectivity index (χ0n) is 12.2. The van der Waals surface area contributed by atoms with Crippen LogP contribution in [0.15, 0.2) is 53.5 Å². The van der Waals surface area contributed by atoms with E-state index in [1.54, 1.807) is 36.5 Å². The molecule has 3 rings (SSSR count). The number of rotatable bonds is 4. The van der Waals surface area contributed by atoms with Crippen LogP contribution in [-0.2, 0) is 9.53 Å². The minimum absolute atomic E-state index is 0.247. The normalized spacial score (nSPS) is 11.9. The number of esters is 1. The van der Waals surface area contributed by atoms with Crippen molar-refractivity contribution in [1.82, 2.24) is 9.97 Å². The number of amides is 1. The van der Waals surface area contributed by atoms with Gasteiger partial charge in [-0.2, -0.15) is 0 Å². The molecule has 1 aromatic carbocycles. The second-order valence-corrected chi connectivity index (χ2v) is 4.78. The van der Waals surface area contributed by atoms with Gasteiger partial charge in [0.1, 0.15) is 5.52 Å². The molecule has 0 fully saturated rings. The Kier molecular flexibility index (Phi) is 4.01. The molecule has 0 aliphatic carbocycles. The fraction of sp³-hybridized carbons (Fsp3) is 0.125. The molecule has 0 radical (unpaired) electrons. The maximum absolute atomic E-state index is 12.2. The van der Waals surface area contributed by atoms with Crippen LogP contribution in [0.25, 0.3) is 11.1 Å². The van der Waals surface area contributed by atoms with E-state index >= 15 is 0 Å². The lowest BCUT2D eigenvalue weighted by Crippen LogP contribution is -2.30. The molecule has 1 unspecified atom stereocenters. The van der Waals surface area contributed by atoms with Gasteiger partial charge in [0.25, 0.3) is 5.91 Å². The van der Waals surface area contributed by atoms with Crippen LogP contribution in [0.3, 0.4) is 0 Å². The molecule has 0 aliphatic heterocycles. The second-order valence-electron chi connectivity index (χ2n) is 4.78. The van der Waals surface area contributed by atoms with Crippen molar-refractivity contribution in [3.05, 3.63) is 54.7 Å². The molecule has 3 aromatic rings. The maximum atomic E-state index is 12.2. The largest absolute Gasteiger partial charge is 0.449 e. The lowest BCUT2D eigenvalue weighted by Gasteiger charge is -2.13. The van der Waals surface area contributed by atoms with Gasteiger partial charge in [-0.1, -0.05) is 6.07 Å². The molecule has 116 valence electrons. The first-order chi connectivity index (χ1) is 11.1. The summed E-state index contributed by atoms with van der Waals surface area (Å²) in [5, 5.41) is 2.62. The first kappa shape index (κ1) is 14.7. The third-order valence-corrected chi connectivity index (χ3v) is 3.16. The molecule has 0 bridgehead atoms. The predicted molar refractivity (Wildman–Crippen MR) is 81.8 cm³/mol. The molecule has 23 heavy (non-hydrogen) atoms. The number of hydrogen-bond acceptors (Lipinski definition) is 6. The molecular formula is C16H13N3O4. The number of para-hydroxylation sites is 1. The van der Waals surface area contributed by atoms with Gasteiger partial charge in [-0.3, -0.25) is 9.78 Å². The van der Waals surface area contributed by atoms with Crippen molar-refractivity contribution in [3.63, 3.8) is 0 Å². The highest BCUT2D eigenvalue weighted by molar-refractivity contribution is 6.03. The Labute approximate surface area is 131 Å². The van der Waals surface area contributed by atoms with E-state index in [1.165, 1.54) is 19.5 Å². The Balaban J connectivity index is 1.70. The van der Waals surface area contributed by atoms with Crippen LogP contribution in [0.1, 0.15) is 17.3 Å². The summed E-state index contributed by atoms with van der Waals surface area (Å²) >= 11 is 0. The first-order valence-corrected chi connectivity index (χ1v) is 6.89. The highest BCUT2D eigenvalue weighted by atomic mass is 16.5. The van der Waals surface area contributed by atoms with Crippen LogP contribution in [0, 0.1) is 0 Å². The Morgan fingerprint density at radius 1 is 1.26 bits per heavy atom. The SMILES string of the molecule is CC(OC(=O)c1cccc2ocnc12)C(=O)Nc1cccnc1. The van der Waals surface area contributed by atoms with Crippen LogP contribution in [0.4, 0.5) is 5.69 Å². The Bertz CT molecular complexity index is 845. The molecule has 0 aliphatic rings. The fourth-order valence-electron chi connectivity index (χ4n) is 2.01. The standard InChI is InChI=1S/C16H13N3O4/c1-10(15(20)19-11-4-3-7-17-8-11)23-16(21)12-5-2-6-13-14(12)18-9-22-13/h2-10H,1H3,(H,19,20). The molecule has 0 saturated heterocycles. The van der Waals surface area contributed by atoms with Gasteiger partial charge >= 0.3 is 5.97 Å². The lowest BCUT2D eigenvalue weighted by molar-refractivity contribution is -0.123. The van der Waals surface area contributed by atoms with Gasteiger partial charge in [-0.15, -0.1) is 0 Å². The van der Waals surface area contributed by atoms with E-state index in [-0.39, 0.29) is 5.56 Å². The van der Waals surface area contributed by atoms with E-state index in [0.717, 1.165) is 0 Å². The molecule has 2 heterocycles. The van der Waals surface area contributed by atoms with Gasteiger partial charge in [0.05, 0.1) is 17.4 Å². The highest BCUT2D eigenvalue weighted by Crippen LogP contribution is 2.18. The number of pyridine rings is 1. The third kappa shape index (κ3) is 3.18. The number of benzene rings is 1. The zero-order chi connectivity index (χ0) is 16.2. The second kappa shape index (κ2) is 6.27. The van der Waals surface area contributed by atoms with Crippen LogP contribution in [-0.4, -0.2) is 27.9 Å². The molecule has 1 amide bonds. The fourth-order valence-corrected chi connectivity index (χ4v) is 2.01. The number of hydrogen-bond donors (Lipinski definition) is 1. The summed E-state index contributed by atoms with van der Waals surface area (Å²) < 4.78 is 10.3. The summed E-state index contributed by atoms with van der Waals surface area (Å²) in [4.78, 5) is 32.1. The quantitative estimate of drug-likeness (QED) is 0.744. The molecule has 7 nitrogen and oxygen atoms in total. The molecule has 0 spiro atoms. The van der Waals surface area contributed by atoms with Gasteiger partial charge in [-0.25, -0.2) is 9.78 Å². The maximum Gasteiger partial charge on any atom is 0.341 e. The Morgan fingerprint density at radius 3 is 2.91 bits per heavy atom. The highest BCUT2D eigenvalue weighted by Gasteiger charge is 2.21. The number of ether oxygens (including phenoxy) is 1. The van der Waals surface area contributed by atoms with Crippen molar-refractivity contribution >= 4 is 28.7 Å². The number of fused-ring (bicyclic) bond motifs is 1. The number of anilines is 1. The zero-order valence-corrected chi connectivity index (χ0v) is 12.2.